The van der Waals surface area contributed by atoms with E-state index in [1.165, 1.54) is 5.69 Å². The largest absolute Gasteiger partial charge is 0.396 e. The second-order valence-electron chi connectivity index (χ2n) is 3.47. The van der Waals surface area contributed by atoms with Gasteiger partial charge in [-0.2, -0.15) is 0 Å². The summed E-state index contributed by atoms with van der Waals surface area (Å²) < 4.78 is 0. The lowest BCUT2D eigenvalue weighted by Gasteiger charge is -2.22. The van der Waals surface area contributed by atoms with Crippen molar-refractivity contribution in [2.75, 3.05) is 20.7 Å². The topological polar surface area (TPSA) is 39.3 Å². The van der Waals surface area contributed by atoms with Crippen molar-refractivity contribution >= 4 is 0 Å². The van der Waals surface area contributed by atoms with Crippen molar-refractivity contribution in [2.24, 2.45) is 0 Å². The molecular formula is C10H18N2O. The average Bonchev–Trinajstić information content (AvgIpc) is 2.57. The van der Waals surface area contributed by atoms with E-state index in [2.05, 4.69) is 30.0 Å². The number of hydrogen-bond acceptors (Lipinski definition) is 2. The highest BCUT2D eigenvalue weighted by molar-refractivity contribution is 5.08. The number of hydrogen-bond donors (Lipinski definition) is 2. The van der Waals surface area contributed by atoms with Gasteiger partial charge in [-0.05, 0) is 39.1 Å². The number of rotatable bonds is 5. The second kappa shape index (κ2) is 5.04. The molecule has 1 atom stereocenters. The Labute approximate surface area is 79.4 Å². The molecule has 0 aliphatic heterocycles. The number of aromatic amines is 1. The van der Waals surface area contributed by atoms with Gasteiger partial charge in [0.25, 0.3) is 0 Å². The van der Waals surface area contributed by atoms with E-state index in [1.54, 1.807) is 0 Å². The van der Waals surface area contributed by atoms with Crippen LogP contribution in [0, 0.1) is 0 Å². The lowest BCUT2D eigenvalue weighted by molar-refractivity contribution is 0.233. The summed E-state index contributed by atoms with van der Waals surface area (Å²) in [5.74, 6) is 0. The highest BCUT2D eigenvalue weighted by Crippen LogP contribution is 2.21. The molecule has 1 rings (SSSR count). The Morgan fingerprint density at radius 1 is 1.54 bits per heavy atom. The molecule has 0 bridgehead atoms. The van der Waals surface area contributed by atoms with Crippen LogP contribution in [0.15, 0.2) is 18.3 Å². The molecular weight excluding hydrogens is 164 g/mol. The molecule has 0 spiro atoms. The average molecular weight is 182 g/mol. The molecule has 2 N–H and O–H groups in total. The van der Waals surface area contributed by atoms with Crippen molar-refractivity contribution in [1.29, 1.82) is 0 Å². The second-order valence-corrected chi connectivity index (χ2v) is 3.47. The van der Waals surface area contributed by atoms with E-state index < -0.39 is 0 Å². The first-order valence-corrected chi connectivity index (χ1v) is 4.66. The fourth-order valence-electron chi connectivity index (χ4n) is 1.53. The number of H-pyrrole nitrogens is 1. The van der Waals surface area contributed by atoms with Crippen molar-refractivity contribution < 1.29 is 5.11 Å². The van der Waals surface area contributed by atoms with E-state index in [9.17, 15) is 0 Å². The third-order valence-corrected chi connectivity index (χ3v) is 2.24. The maximum absolute atomic E-state index is 8.77. The van der Waals surface area contributed by atoms with Crippen molar-refractivity contribution in [1.82, 2.24) is 9.88 Å². The molecule has 1 unspecified atom stereocenters. The van der Waals surface area contributed by atoms with E-state index in [-0.39, 0.29) is 6.61 Å². The zero-order chi connectivity index (χ0) is 9.68. The van der Waals surface area contributed by atoms with Gasteiger partial charge in [0.2, 0.25) is 0 Å². The number of aliphatic hydroxyl groups is 1. The first-order valence-electron chi connectivity index (χ1n) is 4.66. The van der Waals surface area contributed by atoms with Gasteiger partial charge in [-0.25, -0.2) is 0 Å². The Kier molecular flexibility index (Phi) is 3.99. The highest BCUT2D eigenvalue weighted by atomic mass is 16.2. The normalized spacial score (nSPS) is 13.5. The van der Waals surface area contributed by atoms with Crippen molar-refractivity contribution in [3.63, 3.8) is 0 Å². The molecule has 3 heteroatoms. The minimum absolute atomic E-state index is 0.269. The Bertz CT molecular complexity index is 219. The predicted octanol–water partition coefficient (Wildman–Crippen LogP) is 1.39. The van der Waals surface area contributed by atoms with Crippen LogP contribution in [0.25, 0.3) is 0 Å². The lowest BCUT2D eigenvalue weighted by atomic mass is 10.1. The van der Waals surface area contributed by atoms with Gasteiger partial charge in [-0.3, -0.25) is 0 Å². The summed E-state index contributed by atoms with van der Waals surface area (Å²) in [6.45, 7) is 0.269. The Balaban J connectivity index is 2.58. The van der Waals surface area contributed by atoms with E-state index in [0.717, 1.165) is 12.8 Å². The van der Waals surface area contributed by atoms with Crippen molar-refractivity contribution in [3.05, 3.63) is 24.0 Å². The molecule has 0 saturated carbocycles. The first-order chi connectivity index (χ1) is 6.25. The SMILES string of the molecule is CN(C)C(CCCO)c1ccc[nH]1. The lowest BCUT2D eigenvalue weighted by Crippen LogP contribution is -2.20. The van der Waals surface area contributed by atoms with Crippen molar-refractivity contribution in [3.8, 4) is 0 Å². The zero-order valence-corrected chi connectivity index (χ0v) is 8.33. The number of nitrogens with zero attached hydrogens (tertiary/aromatic N) is 1. The molecule has 3 nitrogen and oxygen atoms in total. The van der Waals surface area contributed by atoms with E-state index in [4.69, 9.17) is 5.11 Å². The summed E-state index contributed by atoms with van der Waals surface area (Å²) in [6.07, 6.45) is 3.77. The van der Waals surface area contributed by atoms with Gasteiger partial charge in [-0.15, -0.1) is 0 Å². The van der Waals surface area contributed by atoms with Crippen LogP contribution < -0.4 is 0 Å². The van der Waals surface area contributed by atoms with Crippen LogP contribution in [0.4, 0.5) is 0 Å². The molecule has 1 heterocycles. The predicted molar refractivity (Wildman–Crippen MR) is 53.5 cm³/mol. The molecule has 1 aromatic rings. The molecule has 13 heavy (non-hydrogen) atoms. The number of nitrogens with one attached hydrogen (secondary N) is 1. The highest BCUT2D eigenvalue weighted by Gasteiger charge is 2.13. The standard InChI is InChI=1S/C10H18N2O/c1-12(2)10(6-4-8-13)9-5-3-7-11-9/h3,5,7,10-11,13H,4,6,8H2,1-2H3. The quantitative estimate of drug-likeness (QED) is 0.722. The van der Waals surface area contributed by atoms with Crippen LogP contribution >= 0.6 is 0 Å². The van der Waals surface area contributed by atoms with Gasteiger partial charge in [-0.1, -0.05) is 0 Å². The summed E-state index contributed by atoms with van der Waals surface area (Å²) in [5, 5.41) is 8.77. The third kappa shape index (κ3) is 2.86. The summed E-state index contributed by atoms with van der Waals surface area (Å²) in [7, 11) is 4.12. The molecule has 74 valence electrons. The maximum Gasteiger partial charge on any atom is 0.0493 e. The number of aromatic nitrogens is 1. The minimum atomic E-state index is 0.269. The molecule has 0 saturated heterocycles. The van der Waals surface area contributed by atoms with Crippen LogP contribution in [-0.4, -0.2) is 35.7 Å². The van der Waals surface area contributed by atoms with Gasteiger partial charge in [0, 0.05) is 24.5 Å². The van der Waals surface area contributed by atoms with Gasteiger partial charge in [0.1, 0.15) is 0 Å². The smallest absolute Gasteiger partial charge is 0.0493 e. The van der Waals surface area contributed by atoms with Crippen LogP contribution in [0.3, 0.4) is 0 Å². The molecule has 0 aromatic carbocycles. The van der Waals surface area contributed by atoms with Crippen LogP contribution in [-0.2, 0) is 0 Å². The third-order valence-electron chi connectivity index (χ3n) is 2.24. The maximum atomic E-state index is 8.77. The Hall–Kier alpha value is -0.800. The van der Waals surface area contributed by atoms with Crippen LogP contribution in [0.2, 0.25) is 0 Å². The summed E-state index contributed by atoms with van der Waals surface area (Å²) in [5.41, 5.74) is 1.22. The minimum Gasteiger partial charge on any atom is -0.396 e. The van der Waals surface area contributed by atoms with Gasteiger partial charge in [0.15, 0.2) is 0 Å². The van der Waals surface area contributed by atoms with Crippen LogP contribution in [0.5, 0.6) is 0 Å². The van der Waals surface area contributed by atoms with Gasteiger partial charge < -0.3 is 15.0 Å². The molecule has 1 aromatic heterocycles. The fourth-order valence-corrected chi connectivity index (χ4v) is 1.53. The van der Waals surface area contributed by atoms with E-state index in [1.807, 2.05) is 12.3 Å². The fraction of sp³-hybridized carbons (Fsp3) is 0.600. The monoisotopic (exact) mass is 182 g/mol. The zero-order valence-electron chi connectivity index (χ0n) is 8.33. The van der Waals surface area contributed by atoms with Gasteiger partial charge >= 0.3 is 0 Å². The Morgan fingerprint density at radius 3 is 2.77 bits per heavy atom. The van der Waals surface area contributed by atoms with E-state index >= 15 is 0 Å². The summed E-state index contributed by atoms with van der Waals surface area (Å²) in [6, 6.07) is 4.48. The molecule has 0 radical (unpaired) electrons. The van der Waals surface area contributed by atoms with Gasteiger partial charge in [0.05, 0.1) is 0 Å². The summed E-state index contributed by atoms with van der Waals surface area (Å²) >= 11 is 0. The summed E-state index contributed by atoms with van der Waals surface area (Å²) in [4.78, 5) is 5.37. The number of aliphatic hydroxyl groups excluding tert-OH is 1. The first kappa shape index (κ1) is 10.3. The van der Waals surface area contributed by atoms with E-state index in [0.29, 0.717) is 6.04 Å². The molecule has 0 fully saturated rings. The molecule has 0 aliphatic rings. The van der Waals surface area contributed by atoms with Crippen LogP contribution in [0.1, 0.15) is 24.6 Å². The van der Waals surface area contributed by atoms with Crippen molar-refractivity contribution in [2.45, 2.75) is 18.9 Å². The molecule has 0 aliphatic carbocycles. The Morgan fingerprint density at radius 2 is 2.31 bits per heavy atom. The molecule has 0 amide bonds.